The summed E-state index contributed by atoms with van der Waals surface area (Å²) in [5, 5.41) is 0. The normalized spacial score (nSPS) is 20.0. The monoisotopic (exact) mass is 312 g/mol. The number of aromatic nitrogens is 1. The number of ether oxygens (including phenoxy) is 1. The lowest BCUT2D eigenvalue weighted by atomic mass is 9.88. The quantitative estimate of drug-likeness (QED) is 0.927. The molecule has 3 rings (SSSR count). The molecule has 2 unspecified atom stereocenters. The lowest BCUT2D eigenvalue weighted by molar-refractivity contribution is 0.0580. The van der Waals surface area contributed by atoms with Crippen LogP contribution in [0.4, 0.5) is 0 Å². The van der Waals surface area contributed by atoms with E-state index < -0.39 is 0 Å². The number of carbonyl (C=O) groups excluding carboxylic acids is 1. The first kappa shape index (κ1) is 15.3. The highest BCUT2D eigenvalue weighted by Crippen LogP contribution is 2.35. The number of pyridine rings is 1. The van der Waals surface area contributed by atoms with Gasteiger partial charge >= 0.3 is 0 Å². The van der Waals surface area contributed by atoms with E-state index >= 15 is 0 Å². The number of benzene rings is 1. The van der Waals surface area contributed by atoms with E-state index in [2.05, 4.69) is 4.98 Å². The number of carbonyl (C=O) groups is 1. The Kier molecular flexibility index (Phi) is 3.94. The summed E-state index contributed by atoms with van der Waals surface area (Å²) in [4.78, 5) is 28.7. The molecule has 2 heterocycles. The SMILES string of the molecule is COc1ccc2c(c1)CC(C)N(C(=O)c1cc[nH]c(=O)c1)C2C. The van der Waals surface area contributed by atoms with E-state index in [1.165, 1.54) is 17.8 Å². The molecule has 0 spiro atoms. The molecule has 5 heteroatoms. The molecule has 0 radical (unpaired) electrons. The molecule has 23 heavy (non-hydrogen) atoms. The molecule has 1 aliphatic heterocycles. The Labute approximate surface area is 134 Å². The van der Waals surface area contributed by atoms with Crippen LogP contribution >= 0.6 is 0 Å². The van der Waals surface area contributed by atoms with Gasteiger partial charge in [0.15, 0.2) is 0 Å². The highest BCUT2D eigenvalue weighted by Gasteiger charge is 2.33. The summed E-state index contributed by atoms with van der Waals surface area (Å²) in [6.07, 6.45) is 2.28. The molecule has 1 N–H and O–H groups in total. The number of hydrogen-bond donors (Lipinski definition) is 1. The molecule has 120 valence electrons. The highest BCUT2D eigenvalue weighted by molar-refractivity contribution is 5.94. The first-order valence-corrected chi connectivity index (χ1v) is 7.69. The number of methoxy groups -OCH3 is 1. The first-order chi connectivity index (χ1) is 11.0. The van der Waals surface area contributed by atoms with Gasteiger partial charge in [-0.05, 0) is 49.6 Å². The van der Waals surface area contributed by atoms with Crippen molar-refractivity contribution in [1.82, 2.24) is 9.88 Å². The Hall–Kier alpha value is -2.56. The van der Waals surface area contributed by atoms with Crippen LogP contribution in [0, 0.1) is 0 Å². The molecule has 2 atom stereocenters. The van der Waals surface area contributed by atoms with Gasteiger partial charge in [0, 0.05) is 23.9 Å². The molecule has 0 bridgehead atoms. The van der Waals surface area contributed by atoms with Crippen LogP contribution in [0.1, 0.15) is 41.4 Å². The van der Waals surface area contributed by atoms with Crippen LogP contribution in [-0.2, 0) is 6.42 Å². The predicted octanol–water partition coefficient (Wildman–Crippen LogP) is 2.53. The fourth-order valence-electron chi connectivity index (χ4n) is 3.34. The Balaban J connectivity index is 1.97. The van der Waals surface area contributed by atoms with Crippen LogP contribution in [0.3, 0.4) is 0 Å². The average molecular weight is 312 g/mol. The lowest BCUT2D eigenvalue weighted by Gasteiger charge is -2.40. The summed E-state index contributed by atoms with van der Waals surface area (Å²) in [7, 11) is 1.65. The number of amides is 1. The van der Waals surface area contributed by atoms with E-state index in [9.17, 15) is 9.59 Å². The van der Waals surface area contributed by atoms with Crippen molar-refractivity contribution >= 4 is 5.91 Å². The van der Waals surface area contributed by atoms with Crippen LogP contribution in [0.15, 0.2) is 41.3 Å². The van der Waals surface area contributed by atoms with Gasteiger partial charge in [0.2, 0.25) is 5.56 Å². The highest BCUT2D eigenvalue weighted by atomic mass is 16.5. The third-order valence-electron chi connectivity index (χ3n) is 4.46. The van der Waals surface area contributed by atoms with Gasteiger partial charge in [0.05, 0.1) is 13.2 Å². The van der Waals surface area contributed by atoms with Crippen molar-refractivity contribution in [2.24, 2.45) is 0 Å². The summed E-state index contributed by atoms with van der Waals surface area (Å²) in [5.74, 6) is 0.718. The van der Waals surface area contributed by atoms with Crippen LogP contribution in [0.25, 0.3) is 0 Å². The number of hydrogen-bond acceptors (Lipinski definition) is 3. The standard InChI is InChI=1S/C18H20N2O3/c1-11-8-14-9-15(23-3)4-5-16(14)12(2)20(11)18(22)13-6-7-19-17(21)10-13/h4-7,9-12H,8H2,1-3H3,(H,19,21). The van der Waals surface area contributed by atoms with Crippen molar-refractivity contribution < 1.29 is 9.53 Å². The van der Waals surface area contributed by atoms with Gasteiger partial charge in [-0.15, -0.1) is 0 Å². The summed E-state index contributed by atoms with van der Waals surface area (Å²) in [6, 6.07) is 8.97. The van der Waals surface area contributed by atoms with Gasteiger partial charge in [-0.2, -0.15) is 0 Å². The zero-order chi connectivity index (χ0) is 16.6. The molecule has 1 aliphatic rings. The number of fused-ring (bicyclic) bond motifs is 1. The second kappa shape index (κ2) is 5.91. The van der Waals surface area contributed by atoms with Crippen molar-refractivity contribution in [2.75, 3.05) is 7.11 Å². The smallest absolute Gasteiger partial charge is 0.254 e. The van der Waals surface area contributed by atoms with Crippen molar-refractivity contribution in [2.45, 2.75) is 32.4 Å². The van der Waals surface area contributed by atoms with E-state index in [4.69, 9.17) is 4.74 Å². The number of nitrogens with one attached hydrogen (secondary N) is 1. The van der Waals surface area contributed by atoms with Crippen molar-refractivity contribution in [3.05, 3.63) is 63.6 Å². The van der Waals surface area contributed by atoms with Gasteiger partial charge in [-0.3, -0.25) is 9.59 Å². The molecule has 5 nitrogen and oxygen atoms in total. The maximum atomic E-state index is 12.9. The Bertz CT molecular complexity index is 797. The second-order valence-corrected chi connectivity index (χ2v) is 5.95. The zero-order valence-electron chi connectivity index (χ0n) is 13.5. The largest absolute Gasteiger partial charge is 0.497 e. The van der Waals surface area contributed by atoms with Gasteiger partial charge in [0.1, 0.15) is 5.75 Å². The first-order valence-electron chi connectivity index (χ1n) is 7.69. The van der Waals surface area contributed by atoms with E-state index in [0.29, 0.717) is 5.56 Å². The summed E-state index contributed by atoms with van der Waals surface area (Å²) in [6.45, 7) is 4.05. The van der Waals surface area contributed by atoms with E-state index in [1.54, 1.807) is 13.2 Å². The van der Waals surface area contributed by atoms with Crippen molar-refractivity contribution in [1.29, 1.82) is 0 Å². The number of H-pyrrole nitrogens is 1. The molecular formula is C18H20N2O3. The summed E-state index contributed by atoms with van der Waals surface area (Å²) in [5.41, 5.74) is 2.49. The Morgan fingerprint density at radius 3 is 2.74 bits per heavy atom. The van der Waals surface area contributed by atoms with Gasteiger partial charge in [0.25, 0.3) is 5.91 Å². The van der Waals surface area contributed by atoms with Crippen LogP contribution < -0.4 is 10.3 Å². The number of aromatic amines is 1. The third-order valence-corrected chi connectivity index (χ3v) is 4.46. The van der Waals surface area contributed by atoms with Crippen molar-refractivity contribution in [3.63, 3.8) is 0 Å². The van der Waals surface area contributed by atoms with Crippen LogP contribution in [-0.4, -0.2) is 28.9 Å². The van der Waals surface area contributed by atoms with Gasteiger partial charge in [-0.25, -0.2) is 0 Å². The Morgan fingerprint density at radius 1 is 1.26 bits per heavy atom. The molecule has 0 saturated carbocycles. The van der Waals surface area contributed by atoms with E-state index in [1.807, 2.05) is 36.9 Å². The molecule has 1 aromatic heterocycles. The average Bonchev–Trinajstić information content (AvgIpc) is 2.54. The summed E-state index contributed by atoms with van der Waals surface area (Å²) < 4.78 is 5.29. The minimum atomic E-state index is -0.265. The maximum Gasteiger partial charge on any atom is 0.254 e. The fourth-order valence-corrected chi connectivity index (χ4v) is 3.34. The van der Waals surface area contributed by atoms with Crippen LogP contribution in [0.5, 0.6) is 5.75 Å². The second-order valence-electron chi connectivity index (χ2n) is 5.95. The number of rotatable bonds is 2. The molecule has 1 amide bonds. The minimum absolute atomic E-state index is 0.0496. The van der Waals surface area contributed by atoms with E-state index in [-0.39, 0.29) is 23.6 Å². The molecule has 0 saturated heterocycles. The van der Waals surface area contributed by atoms with Crippen molar-refractivity contribution in [3.8, 4) is 5.75 Å². The molecule has 0 aliphatic carbocycles. The van der Waals surface area contributed by atoms with Gasteiger partial charge < -0.3 is 14.6 Å². The van der Waals surface area contributed by atoms with E-state index in [0.717, 1.165) is 17.7 Å². The topological polar surface area (TPSA) is 62.4 Å². The predicted molar refractivity (Wildman–Crippen MR) is 87.8 cm³/mol. The lowest BCUT2D eigenvalue weighted by Crippen LogP contribution is -2.45. The summed E-state index contributed by atoms with van der Waals surface area (Å²) >= 11 is 0. The maximum absolute atomic E-state index is 12.9. The third kappa shape index (κ3) is 2.74. The number of nitrogens with zero attached hydrogens (tertiary/aromatic N) is 1. The van der Waals surface area contributed by atoms with Gasteiger partial charge in [-0.1, -0.05) is 6.07 Å². The zero-order valence-corrected chi connectivity index (χ0v) is 13.5. The fraction of sp³-hybridized carbons (Fsp3) is 0.333. The minimum Gasteiger partial charge on any atom is -0.497 e. The van der Waals surface area contributed by atoms with Crippen LogP contribution in [0.2, 0.25) is 0 Å². The molecule has 2 aromatic rings. The molecular weight excluding hydrogens is 292 g/mol. The molecule has 0 fully saturated rings. The Morgan fingerprint density at radius 2 is 2.04 bits per heavy atom. The molecule has 1 aromatic carbocycles.